The Balaban J connectivity index is 1.75. The first-order valence-corrected chi connectivity index (χ1v) is 9.52. The van der Waals surface area contributed by atoms with Crippen molar-refractivity contribution in [1.82, 2.24) is 25.1 Å². The smallest absolute Gasteiger partial charge is 0.270 e. The van der Waals surface area contributed by atoms with Crippen LogP contribution in [0.15, 0.2) is 42.7 Å². The second kappa shape index (κ2) is 7.69. The fourth-order valence-electron chi connectivity index (χ4n) is 2.80. The maximum absolute atomic E-state index is 12.6. The van der Waals surface area contributed by atoms with Gasteiger partial charge in [-0.2, -0.15) is 5.10 Å². The summed E-state index contributed by atoms with van der Waals surface area (Å²) in [6.07, 6.45) is 5.88. The predicted octanol–water partition coefficient (Wildman–Crippen LogP) is 3.11. The van der Waals surface area contributed by atoms with E-state index in [1.54, 1.807) is 31.3 Å². The van der Waals surface area contributed by atoms with Gasteiger partial charge in [0.05, 0.1) is 30.1 Å². The van der Waals surface area contributed by atoms with Crippen LogP contribution in [0.2, 0.25) is 5.02 Å². The summed E-state index contributed by atoms with van der Waals surface area (Å²) >= 11 is 5.99. The van der Waals surface area contributed by atoms with E-state index < -0.39 is 0 Å². The van der Waals surface area contributed by atoms with Crippen LogP contribution in [0, 0.1) is 0 Å². The van der Waals surface area contributed by atoms with Gasteiger partial charge in [0.25, 0.3) is 5.91 Å². The topological polar surface area (TPSA) is 92.9 Å². The molecule has 1 saturated carbocycles. The van der Waals surface area contributed by atoms with Crippen LogP contribution in [0.1, 0.15) is 36.3 Å². The molecule has 1 aliphatic rings. The van der Waals surface area contributed by atoms with Crippen LogP contribution in [0.25, 0.3) is 22.6 Å². The van der Waals surface area contributed by atoms with Crippen molar-refractivity contribution < 1.29 is 9.90 Å². The summed E-state index contributed by atoms with van der Waals surface area (Å²) < 4.78 is 1.92. The van der Waals surface area contributed by atoms with Gasteiger partial charge >= 0.3 is 0 Å². The molecule has 1 atom stereocenters. The molecule has 0 aliphatic heterocycles. The average molecular weight is 398 g/mol. The maximum atomic E-state index is 12.6. The molecule has 144 valence electrons. The van der Waals surface area contributed by atoms with Gasteiger partial charge in [0.2, 0.25) is 0 Å². The Morgan fingerprint density at radius 1 is 1.29 bits per heavy atom. The second-order valence-corrected chi connectivity index (χ2v) is 7.40. The third-order valence-electron chi connectivity index (χ3n) is 4.53. The molecule has 7 nitrogen and oxygen atoms in total. The molecule has 1 unspecified atom stereocenters. The molecule has 1 aliphatic carbocycles. The molecule has 0 radical (unpaired) electrons. The lowest BCUT2D eigenvalue weighted by molar-refractivity contribution is 0.0917. The van der Waals surface area contributed by atoms with Gasteiger partial charge in [-0.05, 0) is 38.0 Å². The molecule has 0 saturated heterocycles. The van der Waals surface area contributed by atoms with Crippen LogP contribution in [0.4, 0.5) is 0 Å². The third-order valence-corrected chi connectivity index (χ3v) is 4.78. The quantitative estimate of drug-likeness (QED) is 0.666. The summed E-state index contributed by atoms with van der Waals surface area (Å²) in [5, 5.41) is 16.9. The van der Waals surface area contributed by atoms with Crippen molar-refractivity contribution in [3.05, 3.63) is 53.4 Å². The molecule has 4 rings (SSSR count). The summed E-state index contributed by atoms with van der Waals surface area (Å²) in [4.78, 5) is 21.7. The number of nitrogens with one attached hydrogen (secondary N) is 1. The van der Waals surface area contributed by atoms with Crippen LogP contribution in [-0.4, -0.2) is 43.4 Å². The Morgan fingerprint density at radius 2 is 2.04 bits per heavy atom. The van der Waals surface area contributed by atoms with E-state index in [9.17, 15) is 9.90 Å². The number of rotatable bonds is 6. The summed E-state index contributed by atoms with van der Waals surface area (Å²) in [7, 11) is 0. The minimum atomic E-state index is -0.373. The Hall–Kier alpha value is -2.77. The van der Waals surface area contributed by atoms with E-state index in [4.69, 9.17) is 11.6 Å². The van der Waals surface area contributed by atoms with Gasteiger partial charge in [-0.15, -0.1) is 0 Å². The Bertz CT molecular complexity index is 998. The lowest BCUT2D eigenvalue weighted by Gasteiger charge is -2.12. The van der Waals surface area contributed by atoms with Crippen LogP contribution in [-0.2, 0) is 0 Å². The van der Waals surface area contributed by atoms with Crippen molar-refractivity contribution in [3.63, 3.8) is 0 Å². The standard InChI is InChI=1S/C20H20ClN5O2/c1-12(11-27)23-20(28)18-8-17(13-2-4-15(21)5-3-13)24-19(25-18)14-9-22-26(10-14)16-6-7-16/h2-5,8-10,12,16,27H,6-7,11H2,1H3,(H,23,28). The molecule has 28 heavy (non-hydrogen) atoms. The zero-order valence-corrected chi connectivity index (χ0v) is 16.1. The minimum Gasteiger partial charge on any atom is -0.394 e. The highest BCUT2D eigenvalue weighted by Gasteiger charge is 2.25. The van der Waals surface area contributed by atoms with Gasteiger partial charge in [-0.3, -0.25) is 9.48 Å². The number of hydrogen-bond acceptors (Lipinski definition) is 5. The second-order valence-electron chi connectivity index (χ2n) is 6.97. The fourth-order valence-corrected chi connectivity index (χ4v) is 2.92. The zero-order valence-electron chi connectivity index (χ0n) is 15.3. The molecule has 0 bridgehead atoms. The molecule has 2 N–H and O–H groups in total. The lowest BCUT2D eigenvalue weighted by atomic mass is 10.1. The van der Waals surface area contributed by atoms with E-state index in [0.29, 0.717) is 22.6 Å². The Morgan fingerprint density at radius 3 is 2.71 bits per heavy atom. The molecular formula is C20H20ClN5O2. The largest absolute Gasteiger partial charge is 0.394 e. The average Bonchev–Trinajstić information content (AvgIpc) is 3.44. The lowest BCUT2D eigenvalue weighted by Crippen LogP contribution is -2.35. The van der Waals surface area contributed by atoms with Crippen LogP contribution >= 0.6 is 11.6 Å². The van der Waals surface area contributed by atoms with Gasteiger partial charge in [-0.1, -0.05) is 23.7 Å². The number of aromatic nitrogens is 4. The van der Waals surface area contributed by atoms with Crippen molar-refractivity contribution in [2.75, 3.05) is 6.61 Å². The number of carbonyl (C=O) groups excluding carboxylic acids is 1. The number of aliphatic hydroxyl groups excluding tert-OH is 1. The number of amides is 1. The van der Waals surface area contributed by atoms with Gasteiger partial charge in [0.15, 0.2) is 5.82 Å². The van der Waals surface area contributed by atoms with Crippen molar-refractivity contribution in [3.8, 4) is 22.6 Å². The van der Waals surface area contributed by atoms with Gasteiger partial charge in [0.1, 0.15) is 5.69 Å². The summed E-state index contributed by atoms with van der Waals surface area (Å²) in [6, 6.07) is 8.95. The molecule has 3 aromatic rings. The van der Waals surface area contributed by atoms with Gasteiger partial charge < -0.3 is 10.4 Å². The number of nitrogens with zero attached hydrogens (tertiary/aromatic N) is 4. The van der Waals surface area contributed by atoms with Crippen LogP contribution in [0.5, 0.6) is 0 Å². The summed E-state index contributed by atoms with van der Waals surface area (Å²) in [5.74, 6) is 0.0659. The molecule has 1 amide bonds. The Labute approximate surface area is 167 Å². The van der Waals surface area contributed by atoms with E-state index in [0.717, 1.165) is 24.0 Å². The summed E-state index contributed by atoms with van der Waals surface area (Å²) in [5.41, 5.74) is 2.43. The molecule has 2 aromatic heterocycles. The van der Waals surface area contributed by atoms with Crippen molar-refractivity contribution in [1.29, 1.82) is 0 Å². The van der Waals surface area contributed by atoms with E-state index >= 15 is 0 Å². The number of aliphatic hydroxyl groups is 1. The SMILES string of the molecule is CC(CO)NC(=O)c1cc(-c2ccc(Cl)cc2)nc(-c2cnn(C3CC3)c2)n1. The number of benzene rings is 1. The molecular weight excluding hydrogens is 378 g/mol. The predicted molar refractivity (Wildman–Crippen MR) is 106 cm³/mol. The highest BCUT2D eigenvalue weighted by Crippen LogP contribution is 2.35. The highest BCUT2D eigenvalue weighted by atomic mass is 35.5. The normalized spacial score (nSPS) is 14.7. The van der Waals surface area contributed by atoms with Crippen LogP contribution in [0.3, 0.4) is 0 Å². The molecule has 0 spiro atoms. The van der Waals surface area contributed by atoms with Gasteiger partial charge in [-0.25, -0.2) is 9.97 Å². The fraction of sp³-hybridized carbons (Fsp3) is 0.300. The molecule has 1 fully saturated rings. The van der Waals surface area contributed by atoms with E-state index in [-0.39, 0.29) is 24.2 Å². The van der Waals surface area contributed by atoms with Crippen molar-refractivity contribution >= 4 is 17.5 Å². The zero-order chi connectivity index (χ0) is 19.7. The van der Waals surface area contributed by atoms with Crippen molar-refractivity contribution in [2.24, 2.45) is 0 Å². The summed E-state index contributed by atoms with van der Waals surface area (Å²) in [6.45, 7) is 1.57. The first kappa shape index (κ1) is 18.6. The van der Waals surface area contributed by atoms with Gasteiger partial charge in [0, 0.05) is 22.8 Å². The van der Waals surface area contributed by atoms with E-state index in [2.05, 4.69) is 20.4 Å². The molecule has 8 heteroatoms. The van der Waals surface area contributed by atoms with Crippen molar-refractivity contribution in [2.45, 2.75) is 31.8 Å². The third kappa shape index (κ3) is 4.05. The number of carbonyl (C=O) groups is 1. The minimum absolute atomic E-state index is 0.151. The van der Waals surface area contributed by atoms with E-state index in [1.165, 1.54) is 0 Å². The molecule has 1 aromatic carbocycles. The molecule has 2 heterocycles. The monoisotopic (exact) mass is 397 g/mol. The first-order chi connectivity index (χ1) is 13.5. The Kier molecular flexibility index (Phi) is 5.11. The van der Waals surface area contributed by atoms with E-state index in [1.807, 2.05) is 23.0 Å². The maximum Gasteiger partial charge on any atom is 0.270 e. The highest BCUT2D eigenvalue weighted by molar-refractivity contribution is 6.30. The number of halogens is 1. The first-order valence-electron chi connectivity index (χ1n) is 9.15. The van der Waals surface area contributed by atoms with Crippen LogP contribution < -0.4 is 5.32 Å². The number of hydrogen-bond donors (Lipinski definition) is 2.